The number of pyridine rings is 1. The lowest BCUT2D eigenvalue weighted by molar-refractivity contribution is 0.401. The minimum Gasteiger partial charge on any atom is -0.495 e. The van der Waals surface area contributed by atoms with Crippen LogP contribution in [0.5, 0.6) is 5.75 Å². The summed E-state index contributed by atoms with van der Waals surface area (Å²) < 4.78 is 19.8. The normalized spacial score (nSPS) is 10.5. The smallest absolute Gasteiger partial charge is 0.174 e. The van der Waals surface area contributed by atoms with Crippen molar-refractivity contribution in [3.05, 3.63) is 88.5 Å². The number of anilines is 1. The zero-order valence-electron chi connectivity index (χ0n) is 16.2. The molecular weight excluding hydrogens is 409 g/mol. The van der Waals surface area contributed by atoms with Gasteiger partial charge in [0.15, 0.2) is 5.11 Å². The van der Waals surface area contributed by atoms with E-state index >= 15 is 0 Å². The number of rotatable bonds is 6. The second kappa shape index (κ2) is 9.67. The second-order valence-electron chi connectivity index (χ2n) is 6.55. The predicted octanol–water partition coefficient (Wildman–Crippen LogP) is 5.59. The lowest BCUT2D eigenvalue weighted by Gasteiger charge is -2.27. The molecule has 0 saturated heterocycles. The second-order valence-corrected chi connectivity index (χ2v) is 7.35. The van der Waals surface area contributed by atoms with E-state index in [2.05, 4.69) is 10.3 Å². The zero-order chi connectivity index (χ0) is 20.8. The van der Waals surface area contributed by atoms with Crippen LogP contribution >= 0.6 is 23.8 Å². The maximum Gasteiger partial charge on any atom is 0.174 e. The standard InChI is InChI=1S/C22H21ClFN3OS/c1-15-8-9-21(28-2)20(11-15)26-22(29)27(13-16-5-4-10-25-12-16)14-17-18(23)6-3-7-19(17)24/h3-12H,13-14H2,1-2H3,(H,26,29). The predicted molar refractivity (Wildman–Crippen MR) is 119 cm³/mol. The van der Waals surface area contributed by atoms with E-state index < -0.39 is 0 Å². The van der Waals surface area contributed by atoms with Crippen LogP contribution in [0.3, 0.4) is 0 Å². The highest BCUT2D eigenvalue weighted by Crippen LogP contribution is 2.27. The van der Waals surface area contributed by atoms with Crippen molar-refractivity contribution >= 4 is 34.6 Å². The van der Waals surface area contributed by atoms with Gasteiger partial charge in [0.25, 0.3) is 0 Å². The average molecular weight is 430 g/mol. The molecule has 0 bridgehead atoms. The third-order valence-electron chi connectivity index (χ3n) is 4.39. The zero-order valence-corrected chi connectivity index (χ0v) is 17.7. The first-order valence-corrected chi connectivity index (χ1v) is 9.79. The summed E-state index contributed by atoms with van der Waals surface area (Å²) in [4.78, 5) is 6.00. The summed E-state index contributed by atoms with van der Waals surface area (Å²) in [6.07, 6.45) is 3.46. The van der Waals surface area contributed by atoms with Gasteiger partial charge in [-0.05, 0) is 60.6 Å². The summed E-state index contributed by atoms with van der Waals surface area (Å²) in [5, 5.41) is 4.01. The summed E-state index contributed by atoms with van der Waals surface area (Å²) in [5.74, 6) is 0.299. The van der Waals surface area contributed by atoms with Crippen molar-refractivity contribution in [1.29, 1.82) is 0 Å². The molecule has 0 spiro atoms. The van der Waals surface area contributed by atoms with E-state index in [1.807, 2.05) is 42.2 Å². The number of aryl methyl sites for hydroxylation is 1. The molecule has 1 heterocycles. The van der Waals surface area contributed by atoms with Crippen LogP contribution < -0.4 is 10.1 Å². The Balaban J connectivity index is 1.90. The Hall–Kier alpha value is -2.70. The van der Waals surface area contributed by atoms with Crippen molar-refractivity contribution in [3.63, 3.8) is 0 Å². The van der Waals surface area contributed by atoms with Crippen molar-refractivity contribution in [2.45, 2.75) is 20.0 Å². The topological polar surface area (TPSA) is 37.4 Å². The molecule has 0 atom stereocenters. The first-order valence-electron chi connectivity index (χ1n) is 9.00. The van der Waals surface area contributed by atoms with Gasteiger partial charge < -0.3 is 15.0 Å². The van der Waals surface area contributed by atoms with Crippen LogP contribution in [0.2, 0.25) is 5.02 Å². The summed E-state index contributed by atoms with van der Waals surface area (Å²) in [6, 6.07) is 14.2. The van der Waals surface area contributed by atoms with E-state index in [1.165, 1.54) is 6.07 Å². The maximum atomic E-state index is 14.4. The van der Waals surface area contributed by atoms with Crippen LogP contribution in [0, 0.1) is 12.7 Å². The molecule has 150 valence electrons. The molecule has 0 aliphatic heterocycles. The molecule has 3 aromatic rings. The van der Waals surface area contributed by atoms with Crippen LogP contribution in [0.4, 0.5) is 10.1 Å². The fourth-order valence-corrected chi connectivity index (χ4v) is 3.36. The first-order chi connectivity index (χ1) is 14.0. The lowest BCUT2D eigenvalue weighted by Crippen LogP contribution is -2.34. The number of methoxy groups -OCH3 is 1. The van der Waals surface area contributed by atoms with Crippen LogP contribution in [0.1, 0.15) is 16.7 Å². The van der Waals surface area contributed by atoms with Gasteiger partial charge >= 0.3 is 0 Å². The number of benzene rings is 2. The molecule has 0 fully saturated rings. The number of thiocarbonyl (C=S) groups is 1. The lowest BCUT2D eigenvalue weighted by atomic mass is 10.1. The van der Waals surface area contributed by atoms with Crippen molar-refractivity contribution < 1.29 is 9.13 Å². The average Bonchev–Trinajstić information content (AvgIpc) is 2.71. The highest BCUT2D eigenvalue weighted by Gasteiger charge is 2.17. The molecule has 0 aliphatic rings. The summed E-state index contributed by atoms with van der Waals surface area (Å²) in [6.45, 7) is 2.64. The van der Waals surface area contributed by atoms with Gasteiger partial charge in [0.2, 0.25) is 0 Å². The number of nitrogens with zero attached hydrogens (tertiary/aromatic N) is 2. The van der Waals surface area contributed by atoms with Gasteiger partial charge in [0.1, 0.15) is 11.6 Å². The van der Waals surface area contributed by atoms with Crippen molar-refractivity contribution in [2.75, 3.05) is 12.4 Å². The molecule has 0 unspecified atom stereocenters. The fourth-order valence-electron chi connectivity index (χ4n) is 2.90. The highest BCUT2D eigenvalue weighted by molar-refractivity contribution is 7.80. The third-order valence-corrected chi connectivity index (χ3v) is 5.11. The van der Waals surface area contributed by atoms with Crippen LogP contribution in [-0.2, 0) is 13.1 Å². The summed E-state index contributed by atoms with van der Waals surface area (Å²) in [5.41, 5.74) is 3.14. The van der Waals surface area contributed by atoms with E-state index in [0.717, 1.165) is 16.8 Å². The van der Waals surface area contributed by atoms with Gasteiger partial charge in [-0.2, -0.15) is 0 Å². The number of hydrogen-bond donors (Lipinski definition) is 1. The van der Waals surface area contributed by atoms with Crippen molar-refractivity contribution in [1.82, 2.24) is 9.88 Å². The van der Waals surface area contributed by atoms with E-state index in [0.29, 0.717) is 28.0 Å². The molecule has 4 nitrogen and oxygen atoms in total. The highest BCUT2D eigenvalue weighted by atomic mass is 35.5. The number of halogens is 2. The van der Waals surface area contributed by atoms with Crippen LogP contribution in [-0.4, -0.2) is 22.1 Å². The Labute approximate surface area is 180 Å². The van der Waals surface area contributed by atoms with Gasteiger partial charge in [-0.3, -0.25) is 4.98 Å². The molecule has 1 N–H and O–H groups in total. The molecule has 0 saturated carbocycles. The molecule has 7 heteroatoms. The quantitative estimate of drug-likeness (QED) is 0.517. The molecule has 2 aromatic carbocycles. The minimum atomic E-state index is -0.371. The third kappa shape index (κ3) is 5.43. The molecular formula is C22H21ClFN3OS. The van der Waals surface area contributed by atoms with Crippen molar-refractivity contribution in [2.24, 2.45) is 0 Å². The number of nitrogens with one attached hydrogen (secondary N) is 1. The monoisotopic (exact) mass is 429 g/mol. The number of ether oxygens (including phenoxy) is 1. The molecule has 1 aromatic heterocycles. The van der Waals surface area contributed by atoms with E-state index in [-0.39, 0.29) is 12.4 Å². The molecule has 29 heavy (non-hydrogen) atoms. The van der Waals surface area contributed by atoms with E-state index in [9.17, 15) is 4.39 Å². The van der Waals surface area contributed by atoms with E-state index in [1.54, 1.807) is 31.6 Å². The summed E-state index contributed by atoms with van der Waals surface area (Å²) in [7, 11) is 1.60. The molecule has 0 aliphatic carbocycles. The Kier molecular flexibility index (Phi) is 7.01. The number of hydrogen-bond acceptors (Lipinski definition) is 3. The fraction of sp³-hybridized carbons (Fsp3) is 0.182. The Morgan fingerprint density at radius 2 is 2.03 bits per heavy atom. The van der Waals surface area contributed by atoms with Gasteiger partial charge in [0.05, 0.1) is 12.8 Å². The first kappa shape index (κ1) is 21.0. The Bertz CT molecular complexity index is 980. The van der Waals surface area contributed by atoms with Gasteiger partial charge in [-0.1, -0.05) is 29.8 Å². The van der Waals surface area contributed by atoms with Gasteiger partial charge in [0, 0.05) is 36.1 Å². The molecule has 0 amide bonds. The number of aromatic nitrogens is 1. The van der Waals surface area contributed by atoms with E-state index in [4.69, 9.17) is 28.6 Å². The molecule has 3 rings (SSSR count). The van der Waals surface area contributed by atoms with Crippen LogP contribution in [0.25, 0.3) is 0 Å². The van der Waals surface area contributed by atoms with Crippen LogP contribution in [0.15, 0.2) is 60.9 Å². The Morgan fingerprint density at radius 1 is 1.21 bits per heavy atom. The van der Waals surface area contributed by atoms with Gasteiger partial charge in [-0.25, -0.2) is 4.39 Å². The SMILES string of the molecule is COc1ccc(C)cc1NC(=S)N(Cc1cccnc1)Cc1c(F)cccc1Cl. The largest absolute Gasteiger partial charge is 0.495 e. The Morgan fingerprint density at radius 3 is 2.72 bits per heavy atom. The van der Waals surface area contributed by atoms with Gasteiger partial charge in [-0.15, -0.1) is 0 Å². The summed E-state index contributed by atoms with van der Waals surface area (Å²) >= 11 is 11.9. The maximum absolute atomic E-state index is 14.4. The van der Waals surface area contributed by atoms with Crippen molar-refractivity contribution in [3.8, 4) is 5.75 Å². The minimum absolute atomic E-state index is 0.209. The molecule has 0 radical (unpaired) electrons.